The van der Waals surface area contributed by atoms with Gasteiger partial charge >= 0.3 is 89.5 Å². The molecule has 0 bridgehead atoms. The zero-order chi connectivity index (χ0) is 61.2. The monoisotopic (exact) mass is 2000 g/mol. The molecule has 0 N–H and O–H groups in total. The molecule has 0 aliphatic heterocycles. The summed E-state index contributed by atoms with van der Waals surface area (Å²) in [4.78, 5) is 0. The average molecular weight is 2000 g/mol. The van der Waals surface area contributed by atoms with Crippen LogP contribution in [0.25, 0.3) is 32.9 Å². The van der Waals surface area contributed by atoms with Crippen molar-refractivity contribution in [3.63, 3.8) is 0 Å². The first-order valence-corrected chi connectivity index (χ1v) is 36.6. The number of fused-ring (bicyclic) bond motifs is 6. The van der Waals surface area contributed by atoms with Crippen LogP contribution in [-0.2, 0) is 103 Å². The van der Waals surface area contributed by atoms with E-state index in [0.29, 0.717) is 0 Å². The van der Waals surface area contributed by atoms with Gasteiger partial charge in [-0.2, -0.15) is 0 Å². The van der Waals surface area contributed by atoms with Crippen LogP contribution in [0.5, 0.6) is 0 Å². The van der Waals surface area contributed by atoms with Crippen LogP contribution in [0.2, 0.25) is 0 Å². The van der Waals surface area contributed by atoms with E-state index < -0.39 is 31.7 Å². The quantitative estimate of drug-likeness (QED) is 0.0497. The van der Waals surface area contributed by atoms with Crippen molar-refractivity contribution >= 4 is 95.9 Å². The normalized spacial score (nSPS) is 10.5. The van der Waals surface area contributed by atoms with E-state index in [9.17, 15) is 0 Å². The first kappa shape index (κ1) is 73.8. The van der Waals surface area contributed by atoms with Gasteiger partial charge in [-0.25, -0.2) is 0 Å². The molecule has 0 unspecified atom stereocenters. The van der Waals surface area contributed by atoms with Crippen LogP contribution in [0.15, 0.2) is 315 Å². The molecule has 93 heavy (non-hydrogen) atoms. The maximum atomic E-state index is 7.21. The molecule has 0 atom stereocenters. The van der Waals surface area contributed by atoms with Gasteiger partial charge in [0.05, 0.1) is 0 Å². The molecule has 0 radical (unpaired) electrons. The molecule has 1 aliphatic rings. The summed E-state index contributed by atoms with van der Waals surface area (Å²) < 4.78 is 2.12. The Bertz CT molecular complexity index is 4030. The van der Waals surface area contributed by atoms with Crippen LogP contribution in [-0.4, -0.2) is 16.4 Å². The summed E-state index contributed by atoms with van der Waals surface area (Å²) in [6.07, 6.45) is 29.7. The summed E-state index contributed by atoms with van der Waals surface area (Å²) >= 11 is 0. The van der Waals surface area contributed by atoms with Gasteiger partial charge in [-0.3, -0.25) is 23.7 Å². The molecular formula is C84H65Au4NP4+4. The van der Waals surface area contributed by atoms with Crippen molar-refractivity contribution in [2.75, 3.05) is 11.8 Å². The van der Waals surface area contributed by atoms with Crippen molar-refractivity contribution in [1.29, 1.82) is 0 Å². The zero-order valence-corrected chi connectivity index (χ0v) is 63.5. The zero-order valence-electron chi connectivity index (χ0n) is 50.8. The molecule has 1 aliphatic carbocycles. The minimum absolute atomic E-state index is 0. The van der Waals surface area contributed by atoms with Crippen LogP contribution in [0.3, 0.4) is 0 Å². The molecule has 0 saturated heterocycles. The Kier molecular flexibility index (Phi) is 29.7. The molecule has 1 heterocycles. The van der Waals surface area contributed by atoms with Gasteiger partial charge < -0.3 is 30.3 Å². The molecule has 13 aromatic rings. The number of rotatable bonds is 12. The predicted octanol–water partition coefficient (Wildman–Crippen LogP) is 15.7. The molecule has 12 aromatic carbocycles. The minimum atomic E-state index is -0.847. The van der Waals surface area contributed by atoms with E-state index in [-0.39, 0.29) is 89.5 Å². The second kappa shape index (κ2) is 37.5. The van der Waals surface area contributed by atoms with Crippen LogP contribution < -0.4 is 42.4 Å². The topological polar surface area (TPSA) is 4.93 Å². The molecule has 0 amide bonds. The van der Waals surface area contributed by atoms with Crippen molar-refractivity contribution < 1.29 is 89.5 Å². The predicted molar refractivity (Wildman–Crippen MR) is 392 cm³/mol. The Labute approximate surface area is 618 Å². The molecule has 9 heteroatoms. The summed E-state index contributed by atoms with van der Waals surface area (Å²) in [6.45, 7) is 0. The van der Waals surface area contributed by atoms with Gasteiger partial charge in [0.25, 0.3) is 0 Å². The van der Waals surface area contributed by atoms with Crippen molar-refractivity contribution in [1.82, 2.24) is 4.57 Å². The molecule has 14 rings (SSSR count). The molecule has 0 fully saturated rings. The Morgan fingerprint density at radius 3 is 0.699 bits per heavy atom. The number of hydrogen-bond acceptors (Lipinski definition) is 0. The minimum Gasteiger partial charge on any atom is -0.366 e. The fraction of sp³-hybridized carbons (Fsp3) is 0.0476. The summed E-state index contributed by atoms with van der Waals surface area (Å²) in [6, 6.07) is 113. The van der Waals surface area contributed by atoms with E-state index in [4.69, 9.17) is 25.7 Å². The second-order valence-corrected chi connectivity index (χ2v) is 32.9. The van der Waals surface area contributed by atoms with E-state index >= 15 is 0 Å². The number of aryl methyl sites for hydroxylation is 1. The van der Waals surface area contributed by atoms with Crippen molar-refractivity contribution in [2.24, 2.45) is 7.05 Å². The van der Waals surface area contributed by atoms with E-state index in [2.05, 4.69) is 283 Å². The summed E-state index contributed by atoms with van der Waals surface area (Å²) in [7, 11) is -1.37. The van der Waals surface area contributed by atoms with E-state index in [1.54, 1.807) is 0 Å². The van der Waals surface area contributed by atoms with Gasteiger partial charge in [-0.05, 0) is 137 Å². The van der Waals surface area contributed by atoms with Gasteiger partial charge in [-0.1, -0.05) is 170 Å². The first-order valence-electron chi connectivity index (χ1n) is 29.8. The second-order valence-electron chi connectivity index (χ2n) is 21.6. The molecule has 0 saturated carbocycles. The summed E-state index contributed by atoms with van der Waals surface area (Å²) in [5, 5.41) is 14.2. The Morgan fingerprint density at radius 1 is 0.280 bits per heavy atom. The fourth-order valence-corrected chi connectivity index (χ4v) is 27.1. The SMILES string of the molecule is [Au+].[Au+].[Au+].[Au+].[C-]#Cc1ccc2c(c1)-c1cc(C#[C-])ccc1C2.[C-]#Cc1ccc2c(c1)c1cc(C#[C-])ccc1n2C.c1ccc([PH+](C[PH+](c2ccccc2)c2ccccc2)c2ccccc2)cc1.c1ccc([PH+](C[PH+](c2ccccc2)c2ccccc2)c2ccccc2)cc1. The van der Waals surface area contributed by atoms with Crippen LogP contribution in [0.4, 0.5) is 0 Å². The Balaban J connectivity index is 0.000000176. The maximum Gasteiger partial charge on any atom is 1.00 e. The fourth-order valence-electron chi connectivity index (χ4n) is 11.6. The smallest absolute Gasteiger partial charge is 0.366 e. The first-order chi connectivity index (χ1) is 43.9. The largest absolute Gasteiger partial charge is 1.00 e. The average Bonchev–Trinajstić information content (AvgIpc) is 1.64. The number of aromatic nitrogens is 1. The van der Waals surface area contributed by atoms with Gasteiger partial charge in [0.15, 0.2) is 11.8 Å². The van der Waals surface area contributed by atoms with Gasteiger partial charge in [-0.15, -0.1) is 70.8 Å². The van der Waals surface area contributed by atoms with Crippen LogP contribution in [0, 0.1) is 49.4 Å². The van der Waals surface area contributed by atoms with Gasteiger partial charge in [0.2, 0.25) is 0 Å². The number of benzene rings is 12. The Morgan fingerprint density at radius 2 is 0.484 bits per heavy atom. The van der Waals surface area contributed by atoms with E-state index in [0.717, 1.165) is 61.6 Å². The third kappa shape index (κ3) is 18.9. The van der Waals surface area contributed by atoms with Crippen LogP contribution in [0.1, 0.15) is 33.4 Å². The molecule has 466 valence electrons. The van der Waals surface area contributed by atoms with Gasteiger partial charge in [0, 0.05) is 18.1 Å². The van der Waals surface area contributed by atoms with Crippen molar-refractivity contribution in [3.05, 3.63) is 375 Å². The number of hydrogen-bond donors (Lipinski definition) is 0. The number of nitrogens with zero attached hydrogens (tertiary/aromatic N) is 1. The molecule has 1 nitrogen and oxygen atoms in total. The third-order valence-corrected chi connectivity index (χ3v) is 30.1. The third-order valence-electron chi connectivity index (χ3n) is 16.2. The van der Waals surface area contributed by atoms with Gasteiger partial charge in [0.1, 0.15) is 74.1 Å². The Hall–Kier alpha value is -6.64. The van der Waals surface area contributed by atoms with E-state index in [1.807, 2.05) is 67.7 Å². The standard InChI is InChI=1S/2C25H22P2.C17H9N.C17H8.4Au/c2*1-5-13-22(14-6-1)26(23-15-7-2-8-16-23)21-27(24-17-9-3-10-18-24)25-19-11-4-12-20-25;1-4-12-6-8-16-14(10-12)15-11-13(5-2)7-9-17(15)18(16)3;1-3-12-5-7-14-11-15-8-6-13(4-2)10-17(15)16(14)9-12;;;;/h2*1-20H,21H2;6-11H,3H3;5-10H,11H2;;;;/q;;2*-2;4*+1/p+4. The van der Waals surface area contributed by atoms with Crippen molar-refractivity contribution in [2.45, 2.75) is 6.42 Å². The molecule has 1 aromatic heterocycles. The molecule has 0 spiro atoms. The van der Waals surface area contributed by atoms with Crippen LogP contribution >= 0.6 is 31.7 Å². The van der Waals surface area contributed by atoms with Crippen molar-refractivity contribution in [3.8, 4) is 34.8 Å². The summed E-state index contributed by atoms with van der Waals surface area (Å²) in [5.74, 6) is 12.1. The van der Waals surface area contributed by atoms with E-state index in [1.165, 1.54) is 65.4 Å². The molecular weight excluding hydrogens is 1930 g/mol. The maximum absolute atomic E-state index is 7.21. The summed E-state index contributed by atoms with van der Waals surface area (Å²) in [5.41, 5.74) is 10.2.